The van der Waals surface area contributed by atoms with Gasteiger partial charge in [0.2, 0.25) is 5.91 Å². The van der Waals surface area contributed by atoms with E-state index in [1.165, 1.54) is 12.1 Å². The summed E-state index contributed by atoms with van der Waals surface area (Å²) in [7, 11) is 3.94. The first-order valence-corrected chi connectivity index (χ1v) is 8.82. The predicted molar refractivity (Wildman–Crippen MR) is 108 cm³/mol. The van der Waals surface area contributed by atoms with Crippen LogP contribution >= 0.6 is 12.4 Å². The van der Waals surface area contributed by atoms with Crippen LogP contribution in [0.3, 0.4) is 0 Å². The fourth-order valence-electron chi connectivity index (χ4n) is 2.75. The maximum Gasteiger partial charge on any atom is 0.416 e. The fraction of sp³-hybridized carbons (Fsp3) is 0.381. The van der Waals surface area contributed by atoms with Gasteiger partial charge in [0.05, 0.1) is 18.0 Å². The van der Waals surface area contributed by atoms with E-state index >= 15 is 0 Å². The Morgan fingerprint density at radius 1 is 1.04 bits per heavy atom. The van der Waals surface area contributed by atoms with Gasteiger partial charge in [0.15, 0.2) is 0 Å². The number of halogens is 4. The van der Waals surface area contributed by atoms with Gasteiger partial charge in [-0.2, -0.15) is 13.2 Å². The number of aryl methyl sites for hydroxylation is 1. The van der Waals surface area contributed by atoms with Crippen molar-refractivity contribution in [2.24, 2.45) is 0 Å². The summed E-state index contributed by atoms with van der Waals surface area (Å²) < 4.78 is 37.9. The molecule has 0 aliphatic carbocycles. The molecule has 0 radical (unpaired) electrons. The molecule has 154 valence electrons. The number of rotatable bonds is 7. The maximum absolute atomic E-state index is 12.6. The number of alkyl halides is 3. The molecule has 0 aromatic heterocycles. The third-order valence-corrected chi connectivity index (χ3v) is 4.33. The lowest BCUT2D eigenvalue weighted by atomic mass is 10.0. The van der Waals surface area contributed by atoms with Crippen LogP contribution in [-0.2, 0) is 17.4 Å². The Morgan fingerprint density at radius 3 is 2.11 bits per heavy atom. The Morgan fingerprint density at radius 2 is 1.61 bits per heavy atom. The van der Waals surface area contributed by atoms with Gasteiger partial charge in [0.25, 0.3) is 0 Å². The van der Waals surface area contributed by atoms with Crippen molar-refractivity contribution in [3.05, 3.63) is 70.8 Å². The molecule has 2 rings (SSSR count). The summed E-state index contributed by atoms with van der Waals surface area (Å²) in [6.45, 7) is 2.81. The molecule has 0 fully saturated rings. The molecular formula is C21H26ClF3N2O. The van der Waals surface area contributed by atoms with E-state index < -0.39 is 11.7 Å². The Bertz CT molecular complexity index is 744. The monoisotopic (exact) mass is 414 g/mol. The van der Waals surface area contributed by atoms with Crippen LogP contribution in [0.5, 0.6) is 0 Å². The number of hydrogen-bond donors (Lipinski definition) is 1. The van der Waals surface area contributed by atoms with E-state index in [1.54, 1.807) is 0 Å². The molecule has 0 heterocycles. The average molecular weight is 415 g/mol. The third kappa shape index (κ3) is 7.52. The van der Waals surface area contributed by atoms with Crippen molar-refractivity contribution in [1.82, 2.24) is 10.2 Å². The van der Waals surface area contributed by atoms with E-state index in [9.17, 15) is 18.0 Å². The number of carbonyl (C=O) groups is 1. The van der Waals surface area contributed by atoms with E-state index in [1.807, 2.05) is 50.2 Å². The standard InChI is InChI=1S/C21H25F3N2O.ClH/c1-15-4-8-17(9-5-15)19(12-13-26(2)3)25-20(27)14-16-6-10-18(11-7-16)21(22,23)24;/h4-11,19H,12-14H2,1-3H3,(H,25,27);1H. The Hall–Kier alpha value is -2.05. The number of hydrogen-bond acceptors (Lipinski definition) is 2. The molecule has 0 saturated heterocycles. The van der Waals surface area contributed by atoms with Crippen molar-refractivity contribution in [1.29, 1.82) is 0 Å². The summed E-state index contributed by atoms with van der Waals surface area (Å²) in [5.41, 5.74) is 2.00. The molecule has 0 spiro atoms. The molecule has 0 aliphatic rings. The van der Waals surface area contributed by atoms with Gasteiger partial charge in [-0.1, -0.05) is 42.0 Å². The van der Waals surface area contributed by atoms with Crippen LogP contribution in [0.15, 0.2) is 48.5 Å². The molecule has 1 amide bonds. The summed E-state index contributed by atoms with van der Waals surface area (Å²) >= 11 is 0. The second-order valence-corrected chi connectivity index (χ2v) is 6.99. The first kappa shape index (κ1) is 24.0. The maximum atomic E-state index is 12.6. The highest BCUT2D eigenvalue weighted by Crippen LogP contribution is 2.29. The minimum Gasteiger partial charge on any atom is -0.349 e. The van der Waals surface area contributed by atoms with Crippen LogP contribution in [0.2, 0.25) is 0 Å². The quantitative estimate of drug-likeness (QED) is 0.706. The van der Waals surface area contributed by atoms with Gasteiger partial charge in [0, 0.05) is 0 Å². The number of benzene rings is 2. The van der Waals surface area contributed by atoms with Crippen molar-refractivity contribution in [3.63, 3.8) is 0 Å². The van der Waals surface area contributed by atoms with Crippen molar-refractivity contribution in [2.45, 2.75) is 32.0 Å². The molecule has 1 unspecified atom stereocenters. The highest BCUT2D eigenvalue weighted by molar-refractivity contribution is 5.85. The van der Waals surface area contributed by atoms with Gasteiger partial charge in [-0.15, -0.1) is 12.4 Å². The van der Waals surface area contributed by atoms with Crippen molar-refractivity contribution < 1.29 is 18.0 Å². The molecule has 3 nitrogen and oxygen atoms in total. The first-order valence-electron chi connectivity index (χ1n) is 8.82. The highest BCUT2D eigenvalue weighted by atomic mass is 35.5. The second-order valence-electron chi connectivity index (χ2n) is 6.99. The molecule has 7 heteroatoms. The lowest BCUT2D eigenvalue weighted by molar-refractivity contribution is -0.137. The zero-order chi connectivity index (χ0) is 20.0. The van der Waals surface area contributed by atoms with E-state index in [0.29, 0.717) is 5.56 Å². The van der Waals surface area contributed by atoms with Gasteiger partial charge in [0.1, 0.15) is 0 Å². The van der Waals surface area contributed by atoms with E-state index in [4.69, 9.17) is 0 Å². The average Bonchev–Trinajstić information content (AvgIpc) is 2.59. The van der Waals surface area contributed by atoms with Gasteiger partial charge in [-0.25, -0.2) is 0 Å². The smallest absolute Gasteiger partial charge is 0.349 e. The topological polar surface area (TPSA) is 32.3 Å². The van der Waals surface area contributed by atoms with Crippen LogP contribution in [-0.4, -0.2) is 31.4 Å². The zero-order valence-electron chi connectivity index (χ0n) is 16.2. The number of amides is 1. The van der Waals surface area contributed by atoms with Gasteiger partial charge < -0.3 is 10.2 Å². The lowest BCUT2D eigenvalue weighted by Gasteiger charge is -2.21. The Balaban J connectivity index is 0.00000392. The summed E-state index contributed by atoms with van der Waals surface area (Å²) in [6.07, 6.45) is -3.58. The normalized spacial score (nSPS) is 12.4. The Kier molecular flexibility index (Phi) is 8.98. The highest BCUT2D eigenvalue weighted by Gasteiger charge is 2.30. The molecule has 0 saturated carbocycles. The molecular weight excluding hydrogens is 389 g/mol. The summed E-state index contributed by atoms with van der Waals surface area (Å²) in [6, 6.07) is 12.6. The van der Waals surface area contributed by atoms with Crippen molar-refractivity contribution >= 4 is 18.3 Å². The molecule has 1 N–H and O–H groups in total. The fourth-order valence-corrected chi connectivity index (χ4v) is 2.75. The van der Waals surface area contributed by atoms with Crippen molar-refractivity contribution in [3.8, 4) is 0 Å². The summed E-state index contributed by atoms with van der Waals surface area (Å²) in [5, 5.41) is 3.01. The minimum absolute atomic E-state index is 0. The van der Waals surface area contributed by atoms with Gasteiger partial charge >= 0.3 is 6.18 Å². The minimum atomic E-state index is -4.37. The molecule has 0 bridgehead atoms. The van der Waals surface area contributed by atoms with Crippen LogP contribution in [0.4, 0.5) is 13.2 Å². The molecule has 1 atom stereocenters. The Labute approximate surface area is 170 Å². The third-order valence-electron chi connectivity index (χ3n) is 4.33. The largest absolute Gasteiger partial charge is 0.416 e. The van der Waals surface area contributed by atoms with Crippen LogP contribution in [0, 0.1) is 6.92 Å². The van der Waals surface area contributed by atoms with Crippen molar-refractivity contribution in [2.75, 3.05) is 20.6 Å². The number of nitrogens with zero attached hydrogens (tertiary/aromatic N) is 1. The zero-order valence-corrected chi connectivity index (χ0v) is 17.0. The molecule has 2 aromatic carbocycles. The summed E-state index contributed by atoms with van der Waals surface area (Å²) in [4.78, 5) is 14.5. The number of nitrogens with one attached hydrogen (secondary N) is 1. The summed E-state index contributed by atoms with van der Waals surface area (Å²) in [5.74, 6) is -0.209. The van der Waals surface area contributed by atoms with Crippen LogP contribution in [0.25, 0.3) is 0 Å². The van der Waals surface area contributed by atoms with Crippen LogP contribution in [0.1, 0.15) is 34.7 Å². The van der Waals surface area contributed by atoms with E-state index in [0.717, 1.165) is 36.2 Å². The second kappa shape index (κ2) is 10.5. The molecule has 28 heavy (non-hydrogen) atoms. The lowest BCUT2D eigenvalue weighted by Crippen LogP contribution is -2.32. The molecule has 0 aliphatic heterocycles. The van der Waals surface area contributed by atoms with Crippen LogP contribution < -0.4 is 5.32 Å². The SMILES string of the molecule is Cc1ccc(C(CCN(C)C)NC(=O)Cc2ccc(C(F)(F)F)cc2)cc1.Cl. The first-order chi connectivity index (χ1) is 12.6. The van der Waals surface area contributed by atoms with Gasteiger partial charge in [-0.3, -0.25) is 4.79 Å². The molecule has 2 aromatic rings. The van der Waals surface area contributed by atoms with Gasteiger partial charge in [-0.05, 0) is 57.2 Å². The number of carbonyl (C=O) groups excluding carboxylic acids is 1. The van der Waals surface area contributed by atoms with E-state index in [-0.39, 0.29) is 30.8 Å². The van der Waals surface area contributed by atoms with E-state index in [2.05, 4.69) is 5.32 Å². The predicted octanol–water partition coefficient (Wildman–Crippen LogP) is 4.79.